The quantitative estimate of drug-likeness (QED) is 0.574. The minimum atomic E-state index is 0.631. The number of nitrogens with one attached hydrogen (secondary N) is 1. The van der Waals surface area contributed by atoms with Crippen molar-refractivity contribution in [2.45, 2.75) is 26.3 Å². The van der Waals surface area contributed by atoms with Gasteiger partial charge >= 0.3 is 0 Å². The molecule has 2 atom stereocenters. The number of hydrogen-bond donors (Lipinski definition) is 1. The van der Waals surface area contributed by atoms with Gasteiger partial charge in [-0.2, -0.15) is 0 Å². The molecule has 2 unspecified atom stereocenters. The number of hydrogen-bond acceptors (Lipinski definition) is 5. The first-order valence-electron chi connectivity index (χ1n) is 7.88. The molecule has 1 fully saturated rings. The summed E-state index contributed by atoms with van der Waals surface area (Å²) >= 11 is 0. The summed E-state index contributed by atoms with van der Waals surface area (Å²) in [5, 5.41) is 3.62. The monoisotopic (exact) mass is 288 g/mol. The van der Waals surface area contributed by atoms with E-state index >= 15 is 0 Å². The van der Waals surface area contributed by atoms with Gasteiger partial charge in [0.1, 0.15) is 0 Å². The Morgan fingerprint density at radius 1 is 1.15 bits per heavy atom. The van der Waals surface area contributed by atoms with Gasteiger partial charge in [-0.1, -0.05) is 20.3 Å². The summed E-state index contributed by atoms with van der Waals surface area (Å²) in [6.07, 6.45) is 1.24. The summed E-state index contributed by atoms with van der Waals surface area (Å²) in [7, 11) is 1.68. The molecule has 1 heterocycles. The van der Waals surface area contributed by atoms with Crippen molar-refractivity contribution < 1.29 is 14.2 Å². The Hall–Kier alpha value is -0.200. The fourth-order valence-corrected chi connectivity index (χ4v) is 2.37. The van der Waals surface area contributed by atoms with Crippen molar-refractivity contribution in [3.05, 3.63) is 0 Å². The lowest BCUT2D eigenvalue weighted by Crippen LogP contribution is -2.53. The molecule has 0 amide bonds. The fraction of sp³-hybridized carbons (Fsp3) is 1.00. The first-order valence-corrected chi connectivity index (χ1v) is 7.88. The average molecular weight is 288 g/mol. The molecule has 0 aromatic rings. The van der Waals surface area contributed by atoms with E-state index in [4.69, 9.17) is 14.2 Å². The van der Waals surface area contributed by atoms with Crippen LogP contribution < -0.4 is 5.32 Å². The highest BCUT2D eigenvalue weighted by Gasteiger charge is 2.22. The van der Waals surface area contributed by atoms with E-state index in [2.05, 4.69) is 24.1 Å². The molecule has 0 radical (unpaired) electrons. The summed E-state index contributed by atoms with van der Waals surface area (Å²) in [6.45, 7) is 12.4. The topological polar surface area (TPSA) is 43.0 Å². The summed E-state index contributed by atoms with van der Waals surface area (Å²) in [4.78, 5) is 2.50. The van der Waals surface area contributed by atoms with Gasteiger partial charge in [-0.15, -0.1) is 0 Å². The molecule has 1 rings (SSSR count). The van der Waals surface area contributed by atoms with Crippen molar-refractivity contribution >= 4 is 0 Å². The third kappa shape index (κ3) is 7.55. The molecule has 0 aliphatic carbocycles. The second kappa shape index (κ2) is 11.5. The van der Waals surface area contributed by atoms with Crippen LogP contribution in [0.15, 0.2) is 0 Å². The molecule has 1 aliphatic rings. The lowest BCUT2D eigenvalue weighted by Gasteiger charge is -2.36. The van der Waals surface area contributed by atoms with Gasteiger partial charge in [-0.25, -0.2) is 0 Å². The van der Waals surface area contributed by atoms with Crippen LogP contribution in [0.5, 0.6) is 0 Å². The molecule has 0 aromatic carbocycles. The van der Waals surface area contributed by atoms with Crippen molar-refractivity contribution in [2.75, 3.05) is 66.3 Å². The van der Waals surface area contributed by atoms with Crippen LogP contribution in [0.2, 0.25) is 0 Å². The second-order valence-electron chi connectivity index (χ2n) is 5.46. The average Bonchev–Trinajstić information content (AvgIpc) is 2.49. The molecular formula is C15H32N2O3. The van der Waals surface area contributed by atoms with Gasteiger partial charge in [0.15, 0.2) is 0 Å². The zero-order valence-electron chi connectivity index (χ0n) is 13.4. The molecule has 20 heavy (non-hydrogen) atoms. The Labute approximate surface area is 123 Å². The van der Waals surface area contributed by atoms with Crippen LogP contribution in [-0.4, -0.2) is 77.3 Å². The molecule has 0 spiro atoms. The predicted octanol–water partition coefficient (Wildman–Crippen LogP) is 0.986. The number of piperazine rings is 1. The third-order valence-electron chi connectivity index (χ3n) is 3.98. The number of ether oxygens (including phenoxy) is 3. The highest BCUT2D eigenvalue weighted by molar-refractivity contribution is 4.81. The maximum atomic E-state index is 5.61. The highest BCUT2D eigenvalue weighted by Crippen LogP contribution is 2.11. The van der Waals surface area contributed by atoms with Gasteiger partial charge in [0.25, 0.3) is 0 Å². The van der Waals surface area contributed by atoms with E-state index in [1.165, 1.54) is 6.42 Å². The fourth-order valence-electron chi connectivity index (χ4n) is 2.37. The largest absolute Gasteiger partial charge is 0.382 e. The molecule has 0 aromatic heterocycles. The van der Waals surface area contributed by atoms with Crippen LogP contribution in [0.4, 0.5) is 0 Å². The van der Waals surface area contributed by atoms with Gasteiger partial charge in [-0.05, 0) is 5.92 Å². The lowest BCUT2D eigenvalue weighted by atomic mass is 9.97. The van der Waals surface area contributed by atoms with E-state index < -0.39 is 0 Å². The summed E-state index contributed by atoms with van der Waals surface area (Å²) in [5.74, 6) is 0.743. The van der Waals surface area contributed by atoms with Crippen LogP contribution in [0.1, 0.15) is 20.3 Å². The molecule has 5 nitrogen and oxygen atoms in total. The normalized spacial score (nSPS) is 22.1. The maximum absolute atomic E-state index is 5.61. The Bertz CT molecular complexity index is 229. The molecule has 1 saturated heterocycles. The molecule has 0 bridgehead atoms. The maximum Gasteiger partial charge on any atom is 0.0701 e. The molecule has 0 saturated carbocycles. The Morgan fingerprint density at radius 2 is 1.85 bits per heavy atom. The van der Waals surface area contributed by atoms with Crippen LogP contribution in [-0.2, 0) is 14.2 Å². The van der Waals surface area contributed by atoms with E-state index in [-0.39, 0.29) is 0 Å². The van der Waals surface area contributed by atoms with E-state index in [1.807, 2.05) is 0 Å². The number of rotatable bonds is 11. The molecular weight excluding hydrogens is 256 g/mol. The van der Waals surface area contributed by atoms with Crippen molar-refractivity contribution in [1.29, 1.82) is 0 Å². The molecule has 5 heteroatoms. The lowest BCUT2D eigenvalue weighted by molar-refractivity contribution is 0.0170. The smallest absolute Gasteiger partial charge is 0.0701 e. The third-order valence-corrected chi connectivity index (χ3v) is 3.98. The SMILES string of the molecule is CCC(C)C1CN(CCOCCOCCOC)CCN1. The standard InChI is InChI=1S/C15H32N2O3/c1-4-14(2)15-13-17(6-5-16-15)7-8-19-11-12-20-10-9-18-3/h14-16H,4-13H2,1-3H3. The molecule has 1 aliphatic heterocycles. The predicted molar refractivity (Wildman–Crippen MR) is 81.2 cm³/mol. The Morgan fingerprint density at radius 3 is 2.55 bits per heavy atom. The minimum absolute atomic E-state index is 0.631. The van der Waals surface area contributed by atoms with E-state index in [9.17, 15) is 0 Å². The zero-order chi connectivity index (χ0) is 14.6. The van der Waals surface area contributed by atoms with Gasteiger partial charge in [-0.3, -0.25) is 4.90 Å². The summed E-state index contributed by atoms with van der Waals surface area (Å²) in [5.41, 5.74) is 0. The zero-order valence-corrected chi connectivity index (χ0v) is 13.4. The second-order valence-corrected chi connectivity index (χ2v) is 5.46. The van der Waals surface area contributed by atoms with Crippen molar-refractivity contribution in [2.24, 2.45) is 5.92 Å². The number of methoxy groups -OCH3 is 1. The Kier molecular flexibility index (Phi) is 10.2. The molecule has 120 valence electrons. The van der Waals surface area contributed by atoms with Crippen molar-refractivity contribution in [1.82, 2.24) is 10.2 Å². The number of nitrogens with zero attached hydrogens (tertiary/aromatic N) is 1. The first kappa shape index (κ1) is 17.9. The highest BCUT2D eigenvalue weighted by atomic mass is 16.5. The minimum Gasteiger partial charge on any atom is -0.382 e. The van der Waals surface area contributed by atoms with Crippen LogP contribution in [0.3, 0.4) is 0 Å². The summed E-state index contributed by atoms with van der Waals surface area (Å²) < 4.78 is 15.9. The van der Waals surface area contributed by atoms with Gasteiger partial charge in [0, 0.05) is 39.3 Å². The van der Waals surface area contributed by atoms with E-state index in [0.717, 1.165) is 38.7 Å². The molecule has 1 N–H and O–H groups in total. The van der Waals surface area contributed by atoms with Gasteiger partial charge in [0.2, 0.25) is 0 Å². The first-order chi connectivity index (χ1) is 9.77. The van der Waals surface area contributed by atoms with Crippen molar-refractivity contribution in [3.63, 3.8) is 0 Å². The van der Waals surface area contributed by atoms with Gasteiger partial charge < -0.3 is 19.5 Å². The van der Waals surface area contributed by atoms with Crippen LogP contribution >= 0.6 is 0 Å². The Balaban J connectivity index is 1.98. The van der Waals surface area contributed by atoms with E-state index in [0.29, 0.717) is 32.5 Å². The summed E-state index contributed by atoms with van der Waals surface area (Å²) in [6, 6.07) is 0.631. The van der Waals surface area contributed by atoms with Crippen molar-refractivity contribution in [3.8, 4) is 0 Å². The van der Waals surface area contributed by atoms with Crippen LogP contribution in [0, 0.1) is 5.92 Å². The van der Waals surface area contributed by atoms with Crippen LogP contribution in [0.25, 0.3) is 0 Å². The van der Waals surface area contributed by atoms with E-state index in [1.54, 1.807) is 7.11 Å². The van der Waals surface area contributed by atoms with Gasteiger partial charge in [0.05, 0.1) is 33.0 Å².